The Hall–Kier alpha value is -2.13. The zero-order chi connectivity index (χ0) is 13.1. The smallest absolute Gasteiger partial charge is 0.249 e. The van der Waals surface area contributed by atoms with Crippen LogP contribution in [0.2, 0.25) is 0 Å². The Labute approximate surface area is 106 Å². The molecule has 0 aliphatic carbocycles. The van der Waals surface area contributed by atoms with Gasteiger partial charge in [-0.3, -0.25) is 4.79 Å². The van der Waals surface area contributed by atoms with Gasteiger partial charge in [-0.2, -0.15) is 0 Å². The molecule has 92 valence electrons. The molecule has 0 aromatic heterocycles. The van der Waals surface area contributed by atoms with Crippen molar-refractivity contribution in [2.75, 3.05) is 0 Å². The van der Waals surface area contributed by atoms with Crippen LogP contribution in [0.1, 0.15) is 28.9 Å². The zero-order valence-electron chi connectivity index (χ0n) is 10.1. The molecule has 1 atom stereocenters. The number of benzene rings is 2. The standard InChI is InChI=1S/C15H15NO2/c1-10(17)11-5-4-6-12(9-11)13-7-2-3-8-14(13)15(16)18/h2-10,17H,1H3,(H2,16,18). The van der Waals surface area contributed by atoms with Crippen LogP contribution in [0.25, 0.3) is 11.1 Å². The molecule has 0 saturated heterocycles. The number of hydrogen-bond donors (Lipinski definition) is 2. The van der Waals surface area contributed by atoms with Crippen LogP contribution in [0.3, 0.4) is 0 Å². The molecule has 2 rings (SSSR count). The highest BCUT2D eigenvalue weighted by molar-refractivity contribution is 5.99. The summed E-state index contributed by atoms with van der Waals surface area (Å²) in [6.07, 6.45) is -0.536. The number of hydrogen-bond acceptors (Lipinski definition) is 2. The Morgan fingerprint density at radius 2 is 1.89 bits per heavy atom. The van der Waals surface area contributed by atoms with Crippen molar-refractivity contribution in [3.63, 3.8) is 0 Å². The Morgan fingerprint density at radius 1 is 1.17 bits per heavy atom. The monoisotopic (exact) mass is 241 g/mol. The first-order valence-corrected chi connectivity index (χ1v) is 5.77. The van der Waals surface area contributed by atoms with E-state index in [1.807, 2.05) is 36.4 Å². The molecule has 2 aromatic rings. The van der Waals surface area contributed by atoms with Gasteiger partial charge in [0, 0.05) is 5.56 Å². The van der Waals surface area contributed by atoms with Gasteiger partial charge in [-0.15, -0.1) is 0 Å². The molecular weight excluding hydrogens is 226 g/mol. The van der Waals surface area contributed by atoms with Gasteiger partial charge in [-0.25, -0.2) is 0 Å². The van der Waals surface area contributed by atoms with Crippen LogP contribution in [-0.2, 0) is 0 Å². The van der Waals surface area contributed by atoms with Gasteiger partial charge >= 0.3 is 0 Å². The van der Waals surface area contributed by atoms with E-state index in [1.165, 1.54) is 0 Å². The lowest BCUT2D eigenvalue weighted by atomic mass is 9.97. The van der Waals surface area contributed by atoms with Crippen molar-refractivity contribution in [1.29, 1.82) is 0 Å². The summed E-state index contributed by atoms with van der Waals surface area (Å²) in [6, 6.07) is 14.7. The fourth-order valence-corrected chi connectivity index (χ4v) is 1.92. The molecular formula is C15H15NO2. The third-order valence-electron chi connectivity index (χ3n) is 2.87. The van der Waals surface area contributed by atoms with Crippen LogP contribution in [0.4, 0.5) is 0 Å². The minimum atomic E-state index is -0.536. The van der Waals surface area contributed by atoms with E-state index < -0.39 is 12.0 Å². The maximum atomic E-state index is 11.4. The van der Waals surface area contributed by atoms with Gasteiger partial charge in [-0.05, 0) is 35.7 Å². The molecule has 0 spiro atoms. The number of carbonyl (C=O) groups is 1. The Kier molecular flexibility index (Phi) is 3.44. The van der Waals surface area contributed by atoms with E-state index in [1.54, 1.807) is 19.1 Å². The first kappa shape index (κ1) is 12.3. The van der Waals surface area contributed by atoms with Gasteiger partial charge in [0.1, 0.15) is 0 Å². The molecule has 18 heavy (non-hydrogen) atoms. The van der Waals surface area contributed by atoms with Gasteiger partial charge in [0.15, 0.2) is 0 Å². The molecule has 0 saturated carbocycles. The molecule has 0 radical (unpaired) electrons. The quantitative estimate of drug-likeness (QED) is 0.867. The van der Waals surface area contributed by atoms with E-state index in [4.69, 9.17) is 5.73 Å². The van der Waals surface area contributed by atoms with Crippen LogP contribution in [0.5, 0.6) is 0 Å². The Morgan fingerprint density at radius 3 is 2.56 bits per heavy atom. The lowest BCUT2D eigenvalue weighted by Gasteiger charge is -2.10. The summed E-state index contributed by atoms with van der Waals surface area (Å²) in [6.45, 7) is 1.71. The molecule has 0 aliphatic rings. The predicted octanol–water partition coefficient (Wildman–Crippen LogP) is 2.51. The molecule has 3 heteroatoms. The molecule has 0 fully saturated rings. The molecule has 0 heterocycles. The predicted molar refractivity (Wildman–Crippen MR) is 71.0 cm³/mol. The van der Waals surface area contributed by atoms with E-state index in [0.29, 0.717) is 5.56 Å². The van der Waals surface area contributed by atoms with Gasteiger partial charge in [0.2, 0.25) is 5.91 Å². The number of amides is 1. The van der Waals surface area contributed by atoms with Crippen molar-refractivity contribution < 1.29 is 9.90 Å². The molecule has 1 unspecified atom stereocenters. The average Bonchev–Trinajstić information content (AvgIpc) is 2.39. The summed E-state index contributed by atoms with van der Waals surface area (Å²) in [5.41, 5.74) is 8.32. The van der Waals surface area contributed by atoms with Crippen molar-refractivity contribution in [3.05, 3.63) is 59.7 Å². The summed E-state index contributed by atoms with van der Waals surface area (Å²) in [5.74, 6) is -0.451. The summed E-state index contributed by atoms with van der Waals surface area (Å²) in [7, 11) is 0. The zero-order valence-corrected chi connectivity index (χ0v) is 10.1. The third kappa shape index (κ3) is 2.41. The van der Waals surface area contributed by atoms with Gasteiger partial charge in [0.05, 0.1) is 6.10 Å². The summed E-state index contributed by atoms with van der Waals surface area (Å²) in [4.78, 5) is 11.4. The van der Waals surface area contributed by atoms with E-state index >= 15 is 0 Å². The lowest BCUT2D eigenvalue weighted by Crippen LogP contribution is -2.12. The number of aliphatic hydroxyl groups is 1. The van der Waals surface area contributed by atoms with Crippen molar-refractivity contribution in [3.8, 4) is 11.1 Å². The molecule has 3 N–H and O–H groups in total. The van der Waals surface area contributed by atoms with E-state index in [9.17, 15) is 9.90 Å². The van der Waals surface area contributed by atoms with Crippen molar-refractivity contribution in [1.82, 2.24) is 0 Å². The number of aliphatic hydroxyl groups excluding tert-OH is 1. The van der Waals surface area contributed by atoms with Crippen LogP contribution in [0, 0.1) is 0 Å². The highest BCUT2D eigenvalue weighted by Gasteiger charge is 2.10. The summed E-state index contributed by atoms with van der Waals surface area (Å²) < 4.78 is 0. The van der Waals surface area contributed by atoms with Gasteiger partial charge in [0.25, 0.3) is 0 Å². The molecule has 0 aliphatic heterocycles. The van der Waals surface area contributed by atoms with E-state index in [2.05, 4.69) is 0 Å². The lowest BCUT2D eigenvalue weighted by molar-refractivity contribution is 0.100. The third-order valence-corrected chi connectivity index (χ3v) is 2.87. The van der Waals surface area contributed by atoms with Gasteiger partial charge < -0.3 is 10.8 Å². The van der Waals surface area contributed by atoms with Crippen LogP contribution >= 0.6 is 0 Å². The minimum absolute atomic E-state index is 0.451. The largest absolute Gasteiger partial charge is 0.389 e. The SMILES string of the molecule is CC(O)c1cccc(-c2ccccc2C(N)=O)c1. The second-order valence-electron chi connectivity index (χ2n) is 4.21. The van der Waals surface area contributed by atoms with Gasteiger partial charge in [-0.1, -0.05) is 36.4 Å². The fraction of sp³-hybridized carbons (Fsp3) is 0.133. The second-order valence-corrected chi connectivity index (χ2v) is 4.21. The Balaban J connectivity index is 2.55. The average molecular weight is 241 g/mol. The van der Waals surface area contributed by atoms with Crippen molar-refractivity contribution in [2.24, 2.45) is 5.73 Å². The molecule has 1 amide bonds. The Bertz CT molecular complexity index is 576. The van der Waals surface area contributed by atoms with Crippen LogP contribution < -0.4 is 5.73 Å². The summed E-state index contributed by atoms with van der Waals surface area (Å²) in [5, 5.41) is 9.58. The minimum Gasteiger partial charge on any atom is -0.389 e. The number of rotatable bonds is 3. The maximum absolute atomic E-state index is 11.4. The highest BCUT2D eigenvalue weighted by atomic mass is 16.3. The van der Waals surface area contributed by atoms with E-state index in [0.717, 1.165) is 16.7 Å². The topological polar surface area (TPSA) is 63.3 Å². The first-order chi connectivity index (χ1) is 8.59. The van der Waals surface area contributed by atoms with Crippen molar-refractivity contribution in [2.45, 2.75) is 13.0 Å². The van der Waals surface area contributed by atoms with Crippen molar-refractivity contribution >= 4 is 5.91 Å². The van der Waals surface area contributed by atoms with Crippen LogP contribution in [-0.4, -0.2) is 11.0 Å². The highest BCUT2D eigenvalue weighted by Crippen LogP contribution is 2.26. The molecule has 2 aromatic carbocycles. The number of carbonyl (C=O) groups excluding carboxylic acids is 1. The normalized spacial score (nSPS) is 12.1. The fourth-order valence-electron chi connectivity index (χ4n) is 1.92. The number of primary amides is 1. The first-order valence-electron chi connectivity index (χ1n) is 5.77. The molecule has 0 bridgehead atoms. The summed E-state index contributed by atoms with van der Waals surface area (Å²) >= 11 is 0. The molecule has 3 nitrogen and oxygen atoms in total. The van der Waals surface area contributed by atoms with E-state index in [-0.39, 0.29) is 0 Å². The van der Waals surface area contributed by atoms with Crippen LogP contribution in [0.15, 0.2) is 48.5 Å². The number of nitrogens with two attached hydrogens (primary N) is 1. The second kappa shape index (κ2) is 5.02. The maximum Gasteiger partial charge on any atom is 0.249 e.